The van der Waals surface area contributed by atoms with Crippen molar-refractivity contribution in [2.24, 2.45) is 0 Å². The fourth-order valence-corrected chi connectivity index (χ4v) is 1.77. The number of carbonyl (C=O) groups is 1. The molecule has 7 heteroatoms. The summed E-state index contributed by atoms with van der Waals surface area (Å²) in [5, 5.41) is 12.3. The van der Waals surface area contributed by atoms with E-state index in [-0.39, 0.29) is 0 Å². The number of hydrogen-bond donors (Lipinski definition) is 2. The number of alkyl halides is 3. The number of halogens is 3. The molecule has 1 aromatic rings. The van der Waals surface area contributed by atoms with E-state index in [9.17, 15) is 18.0 Å². The number of carboxylic acids is 1. The highest BCUT2D eigenvalue weighted by Gasteiger charge is 2.30. The molecular formula is C8H8F3NO2S. The zero-order valence-electron chi connectivity index (χ0n) is 7.41. The third-order valence-corrected chi connectivity index (χ3v) is 2.52. The first-order chi connectivity index (χ1) is 6.90. The van der Waals surface area contributed by atoms with Crippen molar-refractivity contribution in [1.29, 1.82) is 0 Å². The van der Waals surface area contributed by atoms with Gasteiger partial charge in [0.05, 0.1) is 6.54 Å². The summed E-state index contributed by atoms with van der Waals surface area (Å²) in [5.74, 6) is -1.32. The van der Waals surface area contributed by atoms with Gasteiger partial charge in [-0.3, -0.25) is 10.1 Å². The fourth-order valence-electron chi connectivity index (χ4n) is 0.983. The number of nitrogens with one attached hydrogen (secondary N) is 1. The third-order valence-electron chi connectivity index (χ3n) is 1.58. The SMILES string of the molecule is O=C(O)C(NCC(F)(F)F)c1cccs1. The Bertz CT molecular complexity index is 323. The highest BCUT2D eigenvalue weighted by atomic mass is 32.1. The molecule has 0 aromatic carbocycles. The van der Waals surface area contributed by atoms with E-state index in [1.807, 2.05) is 5.32 Å². The van der Waals surface area contributed by atoms with E-state index in [4.69, 9.17) is 5.11 Å². The number of rotatable bonds is 4. The lowest BCUT2D eigenvalue weighted by molar-refractivity contribution is -0.143. The normalized spacial score (nSPS) is 13.8. The molecule has 1 heterocycles. The van der Waals surface area contributed by atoms with E-state index in [0.717, 1.165) is 11.3 Å². The van der Waals surface area contributed by atoms with E-state index in [1.165, 1.54) is 6.07 Å². The molecule has 0 aliphatic carbocycles. The lowest BCUT2D eigenvalue weighted by Gasteiger charge is -2.14. The van der Waals surface area contributed by atoms with Crippen LogP contribution in [-0.4, -0.2) is 23.8 Å². The highest BCUT2D eigenvalue weighted by Crippen LogP contribution is 2.21. The van der Waals surface area contributed by atoms with Gasteiger partial charge in [-0.25, -0.2) is 0 Å². The van der Waals surface area contributed by atoms with Crippen molar-refractivity contribution in [1.82, 2.24) is 5.32 Å². The third kappa shape index (κ3) is 3.88. The van der Waals surface area contributed by atoms with Crippen molar-refractivity contribution in [2.75, 3.05) is 6.54 Å². The molecule has 3 nitrogen and oxygen atoms in total. The molecule has 0 fully saturated rings. The van der Waals surface area contributed by atoms with Gasteiger partial charge in [0.2, 0.25) is 0 Å². The van der Waals surface area contributed by atoms with Gasteiger partial charge in [0, 0.05) is 4.88 Å². The van der Waals surface area contributed by atoms with Gasteiger partial charge in [0.25, 0.3) is 0 Å². The van der Waals surface area contributed by atoms with Crippen LogP contribution in [0.3, 0.4) is 0 Å². The van der Waals surface area contributed by atoms with Crippen LogP contribution in [0.4, 0.5) is 13.2 Å². The van der Waals surface area contributed by atoms with Crippen molar-refractivity contribution in [3.8, 4) is 0 Å². The molecule has 0 amide bonds. The average molecular weight is 239 g/mol. The molecule has 1 unspecified atom stereocenters. The molecule has 2 N–H and O–H groups in total. The van der Waals surface area contributed by atoms with E-state index in [0.29, 0.717) is 4.88 Å². The quantitative estimate of drug-likeness (QED) is 0.845. The Balaban J connectivity index is 2.65. The summed E-state index contributed by atoms with van der Waals surface area (Å²) in [6, 6.07) is 1.77. The van der Waals surface area contributed by atoms with Crippen molar-refractivity contribution in [2.45, 2.75) is 12.2 Å². The van der Waals surface area contributed by atoms with E-state index >= 15 is 0 Å². The van der Waals surface area contributed by atoms with Gasteiger partial charge in [0.1, 0.15) is 6.04 Å². The minimum absolute atomic E-state index is 0.353. The molecule has 0 radical (unpaired) electrons. The Kier molecular flexibility index (Phi) is 3.70. The zero-order chi connectivity index (χ0) is 11.5. The van der Waals surface area contributed by atoms with Gasteiger partial charge >= 0.3 is 12.1 Å². The second-order valence-corrected chi connectivity index (χ2v) is 3.76. The summed E-state index contributed by atoms with van der Waals surface area (Å²) < 4.78 is 35.6. The molecule has 0 saturated carbocycles. The van der Waals surface area contributed by atoms with Gasteiger partial charge in [0.15, 0.2) is 0 Å². The minimum atomic E-state index is -4.41. The second kappa shape index (κ2) is 4.63. The topological polar surface area (TPSA) is 49.3 Å². The van der Waals surface area contributed by atoms with Crippen LogP contribution in [0.5, 0.6) is 0 Å². The van der Waals surface area contributed by atoms with Crippen LogP contribution in [0.2, 0.25) is 0 Å². The zero-order valence-corrected chi connectivity index (χ0v) is 8.23. The van der Waals surface area contributed by atoms with Crippen LogP contribution in [-0.2, 0) is 4.79 Å². The summed E-state index contributed by atoms with van der Waals surface area (Å²) in [5.41, 5.74) is 0. The fraction of sp³-hybridized carbons (Fsp3) is 0.375. The summed E-state index contributed by atoms with van der Waals surface area (Å²) >= 11 is 1.10. The number of aliphatic carboxylic acids is 1. The highest BCUT2D eigenvalue weighted by molar-refractivity contribution is 7.10. The van der Waals surface area contributed by atoms with Crippen LogP contribution < -0.4 is 5.32 Å². The maximum absolute atomic E-state index is 11.9. The summed E-state index contributed by atoms with van der Waals surface area (Å²) in [6.45, 7) is -1.32. The molecule has 1 rings (SSSR count). The molecule has 84 valence electrons. The summed E-state index contributed by atoms with van der Waals surface area (Å²) in [6.07, 6.45) is -4.41. The molecule has 0 aliphatic rings. The minimum Gasteiger partial charge on any atom is -0.480 e. The molecule has 0 bridgehead atoms. The molecule has 15 heavy (non-hydrogen) atoms. The lowest BCUT2D eigenvalue weighted by Crippen LogP contribution is -2.35. The average Bonchev–Trinajstić information content (AvgIpc) is 2.54. The maximum atomic E-state index is 11.9. The Labute approximate surface area is 87.5 Å². The summed E-state index contributed by atoms with van der Waals surface area (Å²) in [4.78, 5) is 11.0. The van der Waals surface area contributed by atoms with Crippen molar-refractivity contribution >= 4 is 17.3 Å². The molecule has 0 saturated heterocycles. The number of carboxylic acid groups (broad SMARTS) is 1. The summed E-state index contributed by atoms with van der Waals surface area (Å²) in [7, 11) is 0. The van der Waals surface area contributed by atoms with Gasteiger partial charge in [-0.2, -0.15) is 13.2 Å². The first-order valence-corrected chi connectivity index (χ1v) is 4.84. The number of hydrogen-bond acceptors (Lipinski definition) is 3. The Morgan fingerprint density at radius 3 is 2.67 bits per heavy atom. The Hall–Kier alpha value is -1.08. The molecule has 0 spiro atoms. The standard InChI is InChI=1S/C8H8F3NO2S/c9-8(10,11)4-12-6(7(13)14)5-2-1-3-15-5/h1-3,6,12H,4H2,(H,13,14). The van der Waals surface area contributed by atoms with Gasteiger partial charge in [-0.15, -0.1) is 11.3 Å². The van der Waals surface area contributed by atoms with Crippen molar-refractivity contribution in [3.63, 3.8) is 0 Å². The Morgan fingerprint density at radius 1 is 1.60 bits per heavy atom. The molecule has 1 atom stereocenters. The number of thiophene rings is 1. The predicted molar refractivity (Wildman–Crippen MR) is 48.8 cm³/mol. The predicted octanol–water partition coefficient (Wildman–Crippen LogP) is 2.03. The molecular weight excluding hydrogens is 231 g/mol. The van der Waals surface area contributed by atoms with Crippen LogP contribution >= 0.6 is 11.3 Å². The largest absolute Gasteiger partial charge is 0.480 e. The van der Waals surface area contributed by atoms with Crippen LogP contribution in [0, 0.1) is 0 Å². The van der Waals surface area contributed by atoms with E-state index in [2.05, 4.69) is 0 Å². The van der Waals surface area contributed by atoms with E-state index < -0.39 is 24.7 Å². The lowest BCUT2D eigenvalue weighted by atomic mass is 10.2. The van der Waals surface area contributed by atoms with Crippen molar-refractivity contribution in [3.05, 3.63) is 22.4 Å². The maximum Gasteiger partial charge on any atom is 0.401 e. The van der Waals surface area contributed by atoms with E-state index in [1.54, 1.807) is 11.4 Å². The second-order valence-electron chi connectivity index (χ2n) is 2.78. The monoisotopic (exact) mass is 239 g/mol. The first-order valence-electron chi connectivity index (χ1n) is 3.96. The van der Waals surface area contributed by atoms with Crippen LogP contribution in [0.25, 0.3) is 0 Å². The molecule has 1 aromatic heterocycles. The van der Waals surface area contributed by atoms with Crippen LogP contribution in [0.1, 0.15) is 10.9 Å². The van der Waals surface area contributed by atoms with Gasteiger partial charge < -0.3 is 5.11 Å². The molecule has 0 aliphatic heterocycles. The van der Waals surface area contributed by atoms with Crippen molar-refractivity contribution < 1.29 is 23.1 Å². The van der Waals surface area contributed by atoms with Crippen LogP contribution in [0.15, 0.2) is 17.5 Å². The smallest absolute Gasteiger partial charge is 0.401 e. The van der Waals surface area contributed by atoms with Gasteiger partial charge in [-0.05, 0) is 11.4 Å². The first kappa shape index (κ1) is 12.0. The Morgan fingerprint density at radius 2 is 2.27 bits per heavy atom. The van der Waals surface area contributed by atoms with Gasteiger partial charge in [-0.1, -0.05) is 6.07 Å².